The Balaban J connectivity index is 2.78. The van der Waals surface area contributed by atoms with Crippen LogP contribution in [0.15, 0.2) is 18.2 Å². The van der Waals surface area contributed by atoms with Gasteiger partial charge in [-0.15, -0.1) is 0 Å². The van der Waals surface area contributed by atoms with Gasteiger partial charge in [-0.05, 0) is 48.9 Å². The number of benzene rings is 1. The number of thiocarbonyl (C=S) groups is 1. The minimum Gasteiger partial charge on any atom is -0.494 e. The van der Waals surface area contributed by atoms with Gasteiger partial charge >= 0.3 is 0 Å². The van der Waals surface area contributed by atoms with E-state index in [-0.39, 0.29) is 0 Å². The molecule has 0 fully saturated rings. The standard InChI is InChI=1S/C15H23NOS/c1-4-12-10-14(17-5-2)7-6-13(12)8-11(3)9-15(16)18/h6-7,10-11H,4-5,8-9H2,1-3H3,(H2,16,18). The van der Waals surface area contributed by atoms with Crippen LogP contribution in [0.25, 0.3) is 0 Å². The maximum Gasteiger partial charge on any atom is 0.119 e. The summed E-state index contributed by atoms with van der Waals surface area (Å²) in [4.78, 5) is 0.603. The molecule has 0 saturated carbocycles. The fourth-order valence-electron chi connectivity index (χ4n) is 2.18. The molecule has 0 aliphatic carbocycles. The van der Waals surface area contributed by atoms with Crippen molar-refractivity contribution in [2.75, 3.05) is 6.61 Å². The van der Waals surface area contributed by atoms with E-state index < -0.39 is 0 Å². The molecule has 1 atom stereocenters. The summed E-state index contributed by atoms with van der Waals surface area (Å²) in [6.07, 6.45) is 2.86. The third-order valence-electron chi connectivity index (χ3n) is 2.99. The molecular formula is C15H23NOS. The van der Waals surface area contributed by atoms with Gasteiger partial charge in [0.05, 0.1) is 11.6 Å². The molecule has 100 valence electrons. The van der Waals surface area contributed by atoms with Gasteiger partial charge in [-0.1, -0.05) is 32.1 Å². The molecule has 1 aromatic carbocycles. The van der Waals surface area contributed by atoms with Crippen LogP contribution in [0.4, 0.5) is 0 Å². The van der Waals surface area contributed by atoms with Gasteiger partial charge in [0.2, 0.25) is 0 Å². The third kappa shape index (κ3) is 4.65. The van der Waals surface area contributed by atoms with Crippen LogP contribution in [0.2, 0.25) is 0 Å². The highest BCUT2D eigenvalue weighted by Crippen LogP contribution is 2.22. The molecule has 0 radical (unpaired) electrons. The van der Waals surface area contributed by atoms with Gasteiger partial charge in [0.1, 0.15) is 5.75 Å². The first-order chi connectivity index (χ1) is 8.56. The van der Waals surface area contributed by atoms with Crippen molar-refractivity contribution in [2.45, 2.75) is 40.0 Å². The third-order valence-corrected chi connectivity index (χ3v) is 3.15. The molecule has 0 spiro atoms. The molecule has 0 aliphatic rings. The van der Waals surface area contributed by atoms with Crippen molar-refractivity contribution in [3.8, 4) is 5.75 Å². The molecule has 0 heterocycles. The Kier molecular flexibility index (Phi) is 6.13. The molecule has 1 unspecified atom stereocenters. The normalized spacial score (nSPS) is 12.2. The molecule has 2 nitrogen and oxygen atoms in total. The molecule has 1 aromatic rings. The monoisotopic (exact) mass is 265 g/mol. The Morgan fingerprint density at radius 1 is 1.33 bits per heavy atom. The first kappa shape index (κ1) is 15.0. The van der Waals surface area contributed by atoms with E-state index in [0.717, 1.165) is 25.0 Å². The van der Waals surface area contributed by atoms with Gasteiger partial charge in [0, 0.05) is 6.42 Å². The second kappa shape index (κ2) is 7.37. The molecule has 0 bridgehead atoms. The smallest absolute Gasteiger partial charge is 0.119 e. The molecule has 0 aromatic heterocycles. The van der Waals surface area contributed by atoms with Crippen molar-refractivity contribution in [3.05, 3.63) is 29.3 Å². The lowest BCUT2D eigenvalue weighted by atomic mass is 9.93. The average Bonchev–Trinajstić information content (AvgIpc) is 2.30. The highest BCUT2D eigenvalue weighted by atomic mass is 32.1. The number of ether oxygens (including phenoxy) is 1. The molecule has 1 rings (SSSR count). The number of hydrogen-bond donors (Lipinski definition) is 1. The van der Waals surface area contributed by atoms with Crippen LogP contribution in [0.1, 0.15) is 38.3 Å². The zero-order chi connectivity index (χ0) is 13.5. The van der Waals surface area contributed by atoms with E-state index in [1.807, 2.05) is 13.0 Å². The lowest BCUT2D eigenvalue weighted by Crippen LogP contribution is -2.14. The van der Waals surface area contributed by atoms with E-state index in [2.05, 4.69) is 26.0 Å². The lowest BCUT2D eigenvalue weighted by molar-refractivity contribution is 0.339. The van der Waals surface area contributed by atoms with Crippen LogP contribution >= 0.6 is 12.2 Å². The largest absolute Gasteiger partial charge is 0.494 e. The molecule has 0 aliphatic heterocycles. The van der Waals surface area contributed by atoms with E-state index in [1.165, 1.54) is 11.1 Å². The summed E-state index contributed by atoms with van der Waals surface area (Å²) >= 11 is 4.96. The van der Waals surface area contributed by atoms with Crippen LogP contribution < -0.4 is 10.5 Å². The maximum absolute atomic E-state index is 5.59. The summed E-state index contributed by atoms with van der Waals surface area (Å²) < 4.78 is 5.53. The van der Waals surface area contributed by atoms with Crippen LogP contribution in [0.5, 0.6) is 5.75 Å². The Hall–Kier alpha value is -1.09. The first-order valence-corrected chi connectivity index (χ1v) is 7.00. The lowest BCUT2D eigenvalue weighted by Gasteiger charge is -2.15. The van der Waals surface area contributed by atoms with Gasteiger partial charge < -0.3 is 10.5 Å². The summed E-state index contributed by atoms with van der Waals surface area (Å²) in [5.74, 6) is 1.45. The van der Waals surface area contributed by atoms with Crippen molar-refractivity contribution in [1.82, 2.24) is 0 Å². The van der Waals surface area contributed by atoms with Crippen molar-refractivity contribution in [1.29, 1.82) is 0 Å². The molecule has 0 saturated heterocycles. The van der Waals surface area contributed by atoms with Gasteiger partial charge in [0.15, 0.2) is 0 Å². The van der Waals surface area contributed by atoms with Crippen LogP contribution in [-0.2, 0) is 12.8 Å². The van der Waals surface area contributed by atoms with Gasteiger partial charge in [-0.3, -0.25) is 0 Å². The van der Waals surface area contributed by atoms with Gasteiger partial charge in [-0.25, -0.2) is 0 Å². The quantitative estimate of drug-likeness (QED) is 0.766. The summed E-state index contributed by atoms with van der Waals surface area (Å²) in [5.41, 5.74) is 8.33. The number of rotatable bonds is 7. The van der Waals surface area contributed by atoms with Crippen molar-refractivity contribution >= 4 is 17.2 Å². The highest BCUT2D eigenvalue weighted by molar-refractivity contribution is 7.80. The zero-order valence-electron chi connectivity index (χ0n) is 11.5. The van der Waals surface area contributed by atoms with Crippen molar-refractivity contribution in [2.24, 2.45) is 11.7 Å². The Morgan fingerprint density at radius 2 is 2.06 bits per heavy atom. The van der Waals surface area contributed by atoms with E-state index in [4.69, 9.17) is 22.7 Å². The Bertz CT molecular complexity index is 403. The predicted octanol–water partition coefficient (Wildman–Crippen LogP) is 3.50. The second-order valence-electron chi connectivity index (χ2n) is 4.70. The Morgan fingerprint density at radius 3 is 2.61 bits per heavy atom. The summed E-state index contributed by atoms with van der Waals surface area (Å²) in [7, 11) is 0. The first-order valence-electron chi connectivity index (χ1n) is 6.59. The van der Waals surface area contributed by atoms with Gasteiger partial charge in [0.25, 0.3) is 0 Å². The van der Waals surface area contributed by atoms with Crippen molar-refractivity contribution < 1.29 is 4.74 Å². The van der Waals surface area contributed by atoms with Crippen LogP contribution in [0.3, 0.4) is 0 Å². The minimum atomic E-state index is 0.491. The summed E-state index contributed by atoms with van der Waals surface area (Å²) in [5, 5.41) is 0. The van der Waals surface area contributed by atoms with Gasteiger partial charge in [-0.2, -0.15) is 0 Å². The maximum atomic E-state index is 5.59. The van der Waals surface area contributed by atoms with Crippen molar-refractivity contribution in [3.63, 3.8) is 0 Å². The minimum absolute atomic E-state index is 0.491. The van der Waals surface area contributed by atoms with Crippen LogP contribution in [-0.4, -0.2) is 11.6 Å². The highest BCUT2D eigenvalue weighted by Gasteiger charge is 2.09. The topological polar surface area (TPSA) is 35.2 Å². The average molecular weight is 265 g/mol. The number of nitrogens with two attached hydrogens (primary N) is 1. The fraction of sp³-hybridized carbons (Fsp3) is 0.533. The van der Waals surface area contributed by atoms with E-state index in [9.17, 15) is 0 Å². The van der Waals surface area contributed by atoms with E-state index in [1.54, 1.807) is 0 Å². The van der Waals surface area contributed by atoms with Crippen LogP contribution in [0, 0.1) is 5.92 Å². The molecule has 0 amide bonds. The molecule has 2 N–H and O–H groups in total. The van der Waals surface area contributed by atoms with E-state index in [0.29, 0.717) is 17.5 Å². The summed E-state index contributed by atoms with van der Waals surface area (Å²) in [6.45, 7) is 7.08. The number of aryl methyl sites for hydroxylation is 1. The molecule has 18 heavy (non-hydrogen) atoms. The second-order valence-corrected chi connectivity index (χ2v) is 5.22. The molecule has 3 heteroatoms. The zero-order valence-corrected chi connectivity index (χ0v) is 12.3. The summed E-state index contributed by atoms with van der Waals surface area (Å²) in [6, 6.07) is 6.36. The Labute approximate surface area is 116 Å². The predicted molar refractivity (Wildman–Crippen MR) is 81.3 cm³/mol. The molecular weight excluding hydrogens is 242 g/mol. The fourth-order valence-corrected chi connectivity index (χ4v) is 2.46. The van der Waals surface area contributed by atoms with E-state index >= 15 is 0 Å². The SMILES string of the molecule is CCOc1ccc(CC(C)CC(N)=S)c(CC)c1. The number of hydrogen-bond acceptors (Lipinski definition) is 2.